The van der Waals surface area contributed by atoms with Gasteiger partial charge in [0.25, 0.3) is 5.91 Å². The number of carbonyl (C=O) groups excluding carboxylic acids is 1. The van der Waals surface area contributed by atoms with Crippen molar-refractivity contribution in [3.05, 3.63) is 80.1 Å². The summed E-state index contributed by atoms with van der Waals surface area (Å²) in [6.07, 6.45) is 3.06. The van der Waals surface area contributed by atoms with Gasteiger partial charge in [-0.05, 0) is 58.1 Å². The average molecular weight is 613 g/mol. The minimum absolute atomic E-state index is 0.0244. The number of halogens is 1. The van der Waals surface area contributed by atoms with Crippen LogP contribution >= 0.6 is 39.0 Å². The molecule has 4 rings (SSSR count). The van der Waals surface area contributed by atoms with Crippen LogP contribution in [0.15, 0.2) is 73.4 Å². The Bertz CT molecular complexity index is 1300. The number of aliphatic hydroxyl groups excluding tert-OH is 1. The van der Waals surface area contributed by atoms with Crippen molar-refractivity contribution in [3.8, 4) is 0 Å². The van der Waals surface area contributed by atoms with E-state index in [1.54, 1.807) is 23.2 Å². The van der Waals surface area contributed by atoms with E-state index in [4.69, 9.17) is 4.52 Å². The van der Waals surface area contributed by atoms with Gasteiger partial charge in [-0.2, -0.15) is 4.31 Å². The molecule has 36 heavy (non-hydrogen) atoms. The van der Waals surface area contributed by atoms with Gasteiger partial charge < -0.3 is 14.9 Å². The molecule has 0 radical (unpaired) electrons. The van der Waals surface area contributed by atoms with Crippen LogP contribution in [0.2, 0.25) is 0 Å². The molecule has 12 heteroatoms. The number of carbonyl (C=O) groups is 1. The van der Waals surface area contributed by atoms with Crippen molar-refractivity contribution in [3.63, 3.8) is 0 Å². The molecule has 0 bridgehead atoms. The molecule has 0 spiro atoms. The topological polar surface area (TPSA) is 113 Å². The fraction of sp³-hybridized carbons (Fsp3) is 0.333. The second kappa shape index (κ2) is 12.1. The molecule has 0 aliphatic carbocycles. The number of hydrogen-bond acceptors (Lipinski definition) is 8. The first-order valence-electron chi connectivity index (χ1n) is 11.2. The molecule has 1 aromatic carbocycles. The van der Waals surface area contributed by atoms with Gasteiger partial charge in [-0.25, -0.2) is 8.42 Å². The second-order valence-electron chi connectivity index (χ2n) is 8.37. The lowest BCUT2D eigenvalue weighted by Crippen LogP contribution is -2.51. The quantitative estimate of drug-likeness (QED) is 0.334. The summed E-state index contributed by atoms with van der Waals surface area (Å²) in [5, 5.41) is 21.7. The highest BCUT2D eigenvalue weighted by atomic mass is 79.9. The fourth-order valence-corrected chi connectivity index (χ4v) is 7.96. The van der Waals surface area contributed by atoms with Crippen molar-refractivity contribution in [2.45, 2.75) is 42.1 Å². The zero-order chi connectivity index (χ0) is 25.7. The molecule has 2 aromatic heterocycles. The zero-order valence-electron chi connectivity index (χ0n) is 19.4. The van der Waals surface area contributed by atoms with Crippen LogP contribution in [0.3, 0.4) is 0 Å². The van der Waals surface area contributed by atoms with Gasteiger partial charge in [0.2, 0.25) is 10.0 Å². The molecule has 3 aromatic rings. The molecule has 1 aliphatic rings. The van der Waals surface area contributed by atoms with Crippen LogP contribution in [0.5, 0.6) is 0 Å². The van der Waals surface area contributed by atoms with Crippen LogP contribution in [0.4, 0.5) is 0 Å². The lowest BCUT2D eigenvalue weighted by Gasteiger charge is -2.30. The third-order valence-corrected chi connectivity index (χ3v) is 10.6. The van der Waals surface area contributed by atoms with E-state index < -0.39 is 22.2 Å². The highest BCUT2D eigenvalue weighted by Gasteiger charge is 2.35. The van der Waals surface area contributed by atoms with Gasteiger partial charge in [-0.1, -0.05) is 41.6 Å². The predicted octanol–water partition coefficient (Wildman–Crippen LogP) is 4.22. The Kier molecular flexibility index (Phi) is 9.07. The largest absolute Gasteiger partial charge is 0.390 e. The van der Waals surface area contributed by atoms with Gasteiger partial charge in [0.1, 0.15) is 9.77 Å². The van der Waals surface area contributed by atoms with Gasteiger partial charge in [0.05, 0.1) is 18.3 Å². The lowest BCUT2D eigenvalue weighted by atomic mass is 10.0. The number of hydrogen-bond donors (Lipinski definition) is 2. The molecule has 1 aliphatic heterocycles. The second-order valence-corrected chi connectivity index (χ2v) is 13.3. The first kappa shape index (κ1) is 27.1. The van der Waals surface area contributed by atoms with Gasteiger partial charge in [-0.15, -0.1) is 23.1 Å². The van der Waals surface area contributed by atoms with E-state index >= 15 is 0 Å². The Morgan fingerprint density at radius 3 is 2.72 bits per heavy atom. The number of aryl methyl sites for hydroxylation is 1. The molecule has 8 nitrogen and oxygen atoms in total. The number of aliphatic hydroxyl groups is 1. The first-order valence-corrected chi connectivity index (χ1v) is 15.3. The van der Waals surface area contributed by atoms with Gasteiger partial charge in [-0.3, -0.25) is 4.79 Å². The number of nitrogens with zero attached hydrogens (tertiary/aromatic N) is 2. The van der Waals surface area contributed by atoms with E-state index in [9.17, 15) is 18.3 Å². The number of allylic oxidation sites excluding steroid dienone is 1. The standard InChI is InChI=1S/C24H26BrN3O5S3/c1-16-22(13-26-33-16)36(31,32)28(14-18-8-5-10-34-18)15-21(29)20(12-17-6-3-2-4-7-17)27-24(30)23-19(25)9-11-35-23/h2-7,9-11,13,18,20-21,29H,8,12,14-15H2,1H3,(H,27,30). The normalized spacial score (nSPS) is 17.4. The molecule has 192 valence electrons. The number of rotatable bonds is 11. The Labute approximate surface area is 226 Å². The Hall–Kier alpha value is -1.96. The number of benzene rings is 1. The molecule has 0 fully saturated rings. The Morgan fingerprint density at radius 1 is 1.33 bits per heavy atom. The number of aromatic nitrogens is 1. The van der Waals surface area contributed by atoms with Gasteiger partial charge in [0, 0.05) is 22.8 Å². The van der Waals surface area contributed by atoms with Crippen LogP contribution in [0.1, 0.15) is 27.4 Å². The van der Waals surface area contributed by atoms with Crippen LogP contribution in [0, 0.1) is 6.92 Å². The summed E-state index contributed by atoms with van der Waals surface area (Å²) < 4.78 is 34.1. The molecule has 0 saturated heterocycles. The van der Waals surface area contributed by atoms with Crippen molar-refractivity contribution in [1.29, 1.82) is 0 Å². The Morgan fingerprint density at radius 2 is 2.11 bits per heavy atom. The molecular formula is C24H26BrN3O5S3. The summed E-state index contributed by atoms with van der Waals surface area (Å²) >= 11 is 6.22. The summed E-state index contributed by atoms with van der Waals surface area (Å²) in [5.74, 6) is -0.153. The van der Waals surface area contributed by atoms with E-state index in [0.29, 0.717) is 15.8 Å². The smallest absolute Gasteiger partial charge is 0.262 e. The highest BCUT2D eigenvalue weighted by Crippen LogP contribution is 2.28. The molecule has 0 saturated carbocycles. The molecular weight excluding hydrogens is 586 g/mol. The maximum absolute atomic E-state index is 13.6. The fourth-order valence-electron chi connectivity index (χ4n) is 3.90. The average Bonchev–Trinajstić information content (AvgIpc) is 3.61. The first-order chi connectivity index (χ1) is 17.3. The predicted molar refractivity (Wildman–Crippen MR) is 145 cm³/mol. The minimum Gasteiger partial charge on any atom is -0.390 e. The number of thiophene rings is 1. The number of nitrogens with one attached hydrogen (secondary N) is 1. The number of thioether (sulfide) groups is 1. The van der Waals surface area contributed by atoms with E-state index in [1.807, 2.05) is 41.8 Å². The molecule has 3 unspecified atom stereocenters. The zero-order valence-corrected chi connectivity index (χ0v) is 23.4. The summed E-state index contributed by atoms with van der Waals surface area (Å²) in [6.45, 7) is 1.54. The maximum Gasteiger partial charge on any atom is 0.262 e. The summed E-state index contributed by atoms with van der Waals surface area (Å²) in [6, 6.07) is 10.5. The monoisotopic (exact) mass is 611 g/mol. The highest BCUT2D eigenvalue weighted by molar-refractivity contribution is 9.10. The van der Waals surface area contributed by atoms with Crippen LogP contribution < -0.4 is 5.32 Å². The van der Waals surface area contributed by atoms with E-state index in [2.05, 4.69) is 26.4 Å². The van der Waals surface area contributed by atoms with E-state index in [0.717, 1.165) is 12.0 Å². The van der Waals surface area contributed by atoms with E-state index in [-0.39, 0.29) is 34.9 Å². The van der Waals surface area contributed by atoms with Gasteiger partial charge in [0.15, 0.2) is 5.76 Å². The summed E-state index contributed by atoms with van der Waals surface area (Å²) in [5.41, 5.74) is 0.909. The number of sulfonamides is 1. The SMILES string of the molecule is Cc1oncc1S(=O)(=O)N(CC1CC=CS1)CC(O)C(Cc1ccccc1)NC(=O)c1sccc1Br. The number of amides is 1. The van der Waals surface area contributed by atoms with Crippen molar-refractivity contribution in [2.24, 2.45) is 0 Å². The third kappa shape index (κ3) is 6.48. The van der Waals surface area contributed by atoms with Gasteiger partial charge >= 0.3 is 0 Å². The van der Waals surface area contributed by atoms with Crippen molar-refractivity contribution in [2.75, 3.05) is 13.1 Å². The Balaban J connectivity index is 1.60. The summed E-state index contributed by atoms with van der Waals surface area (Å²) in [7, 11) is -4.00. The minimum atomic E-state index is -4.00. The molecule has 3 heterocycles. The van der Waals surface area contributed by atoms with Crippen LogP contribution in [0.25, 0.3) is 0 Å². The van der Waals surface area contributed by atoms with Crippen molar-refractivity contribution >= 4 is 55.0 Å². The molecule has 1 amide bonds. The van der Waals surface area contributed by atoms with E-state index in [1.165, 1.54) is 28.8 Å². The third-order valence-electron chi connectivity index (χ3n) is 5.79. The molecule has 2 N–H and O–H groups in total. The van der Waals surface area contributed by atoms with Crippen molar-refractivity contribution in [1.82, 2.24) is 14.8 Å². The van der Waals surface area contributed by atoms with Crippen molar-refractivity contribution < 1.29 is 22.8 Å². The lowest BCUT2D eigenvalue weighted by molar-refractivity contribution is 0.0786. The summed E-state index contributed by atoms with van der Waals surface area (Å²) in [4.78, 5) is 13.5. The van der Waals surface area contributed by atoms with Crippen LogP contribution in [-0.2, 0) is 16.4 Å². The van der Waals surface area contributed by atoms with Crippen LogP contribution in [-0.4, -0.2) is 59.4 Å². The molecule has 3 atom stereocenters. The maximum atomic E-state index is 13.6.